The summed E-state index contributed by atoms with van der Waals surface area (Å²) in [6.45, 7) is 16.8. The van der Waals surface area contributed by atoms with Gasteiger partial charge < -0.3 is 5.32 Å². The zero-order valence-electron chi connectivity index (χ0n) is 13.4. The monoisotopic (exact) mass is 282 g/mol. The van der Waals surface area contributed by atoms with E-state index < -0.39 is 0 Å². The van der Waals surface area contributed by atoms with Crippen molar-refractivity contribution < 1.29 is 0 Å². The third kappa shape index (κ3) is 5.64. The maximum absolute atomic E-state index is 3.50. The van der Waals surface area contributed by atoms with Crippen molar-refractivity contribution in [1.82, 2.24) is 10.2 Å². The first-order valence-corrected chi connectivity index (χ1v) is 8.31. The average molecular weight is 282 g/mol. The van der Waals surface area contributed by atoms with Crippen molar-refractivity contribution in [2.75, 3.05) is 6.54 Å². The summed E-state index contributed by atoms with van der Waals surface area (Å²) in [5, 5.41) is 3.50. The van der Waals surface area contributed by atoms with Gasteiger partial charge in [-0.1, -0.05) is 20.8 Å². The quantitative estimate of drug-likeness (QED) is 0.769. The number of hydrogen-bond donors (Lipinski definition) is 1. The summed E-state index contributed by atoms with van der Waals surface area (Å²) in [5.74, 6) is 0. The first-order chi connectivity index (χ1) is 8.93. The second kappa shape index (κ2) is 8.03. The molecule has 110 valence electrons. The molecule has 0 aliphatic heterocycles. The lowest BCUT2D eigenvalue weighted by Gasteiger charge is -2.25. The largest absolute Gasteiger partial charge is 0.310 e. The number of aryl methyl sites for hydroxylation is 1. The molecular weight excluding hydrogens is 252 g/mol. The van der Waals surface area contributed by atoms with Gasteiger partial charge in [-0.25, -0.2) is 0 Å². The molecule has 1 heterocycles. The SMILES string of the molecule is CCCN(Cc1cc(CNC(C)C)sc1C)C(C)C. The Morgan fingerprint density at radius 2 is 1.95 bits per heavy atom. The lowest BCUT2D eigenvalue weighted by atomic mass is 10.2. The fourth-order valence-corrected chi connectivity index (χ4v) is 3.17. The van der Waals surface area contributed by atoms with Crippen LogP contribution in [0.15, 0.2) is 6.07 Å². The molecule has 0 radical (unpaired) electrons. The molecule has 0 saturated heterocycles. The second-order valence-electron chi connectivity index (χ2n) is 5.89. The summed E-state index contributed by atoms with van der Waals surface area (Å²) in [4.78, 5) is 5.50. The first kappa shape index (κ1) is 16.7. The molecule has 0 aliphatic carbocycles. The summed E-state index contributed by atoms with van der Waals surface area (Å²) >= 11 is 1.94. The van der Waals surface area contributed by atoms with E-state index in [1.54, 1.807) is 0 Å². The molecule has 0 spiro atoms. The van der Waals surface area contributed by atoms with E-state index in [0.29, 0.717) is 12.1 Å². The Morgan fingerprint density at radius 1 is 1.26 bits per heavy atom. The van der Waals surface area contributed by atoms with Crippen LogP contribution in [0.3, 0.4) is 0 Å². The van der Waals surface area contributed by atoms with Crippen molar-refractivity contribution in [3.8, 4) is 0 Å². The van der Waals surface area contributed by atoms with E-state index in [1.807, 2.05) is 11.3 Å². The second-order valence-corrected chi connectivity index (χ2v) is 7.23. The highest BCUT2D eigenvalue weighted by atomic mass is 32.1. The minimum absolute atomic E-state index is 0.554. The number of thiophene rings is 1. The fraction of sp³-hybridized carbons (Fsp3) is 0.750. The number of nitrogens with one attached hydrogen (secondary N) is 1. The van der Waals surface area contributed by atoms with E-state index in [-0.39, 0.29) is 0 Å². The van der Waals surface area contributed by atoms with Crippen LogP contribution in [0.25, 0.3) is 0 Å². The van der Waals surface area contributed by atoms with Crippen LogP contribution < -0.4 is 5.32 Å². The molecule has 0 fully saturated rings. The van der Waals surface area contributed by atoms with E-state index in [4.69, 9.17) is 0 Å². The van der Waals surface area contributed by atoms with Crippen LogP contribution in [-0.4, -0.2) is 23.5 Å². The molecule has 0 bridgehead atoms. The van der Waals surface area contributed by atoms with Crippen molar-refractivity contribution in [2.45, 2.75) is 73.1 Å². The molecule has 0 atom stereocenters. The first-order valence-electron chi connectivity index (χ1n) is 7.49. The molecule has 0 aliphatic rings. The standard InChI is InChI=1S/C16H30N2S/c1-7-8-18(13(4)5)11-15-9-16(19-14(15)6)10-17-12(2)3/h9,12-13,17H,7-8,10-11H2,1-6H3. The van der Waals surface area contributed by atoms with Gasteiger partial charge in [0, 0.05) is 34.9 Å². The number of rotatable bonds is 8. The molecule has 3 heteroatoms. The molecule has 1 aromatic heterocycles. The Balaban J connectivity index is 2.67. The molecule has 1 rings (SSSR count). The zero-order chi connectivity index (χ0) is 14.4. The zero-order valence-corrected chi connectivity index (χ0v) is 14.2. The van der Waals surface area contributed by atoms with Crippen molar-refractivity contribution in [3.05, 3.63) is 21.4 Å². The minimum atomic E-state index is 0.554. The lowest BCUT2D eigenvalue weighted by molar-refractivity contribution is 0.213. The minimum Gasteiger partial charge on any atom is -0.310 e. The molecule has 0 amide bonds. The predicted molar refractivity (Wildman–Crippen MR) is 86.9 cm³/mol. The highest BCUT2D eigenvalue weighted by Crippen LogP contribution is 2.23. The number of hydrogen-bond acceptors (Lipinski definition) is 3. The van der Waals surface area contributed by atoms with E-state index in [0.717, 1.165) is 13.1 Å². The number of nitrogens with zero attached hydrogens (tertiary/aromatic N) is 1. The van der Waals surface area contributed by atoms with Gasteiger partial charge in [-0.2, -0.15) is 0 Å². The third-order valence-corrected chi connectivity index (χ3v) is 4.46. The van der Waals surface area contributed by atoms with Gasteiger partial charge in [0.05, 0.1) is 0 Å². The van der Waals surface area contributed by atoms with Gasteiger partial charge in [-0.3, -0.25) is 4.90 Å². The topological polar surface area (TPSA) is 15.3 Å². The smallest absolute Gasteiger partial charge is 0.0302 e. The summed E-state index contributed by atoms with van der Waals surface area (Å²) in [6.07, 6.45) is 1.23. The third-order valence-electron chi connectivity index (χ3n) is 3.37. The van der Waals surface area contributed by atoms with Crippen LogP contribution >= 0.6 is 11.3 Å². The van der Waals surface area contributed by atoms with Gasteiger partial charge in [0.25, 0.3) is 0 Å². The van der Waals surface area contributed by atoms with Gasteiger partial charge in [0.15, 0.2) is 0 Å². The van der Waals surface area contributed by atoms with Crippen molar-refractivity contribution in [1.29, 1.82) is 0 Å². The summed E-state index contributed by atoms with van der Waals surface area (Å²) in [6, 6.07) is 3.56. The molecule has 0 aromatic carbocycles. The van der Waals surface area contributed by atoms with Crippen LogP contribution in [0, 0.1) is 6.92 Å². The normalized spacial score (nSPS) is 12.1. The highest BCUT2D eigenvalue weighted by Gasteiger charge is 2.13. The summed E-state index contributed by atoms with van der Waals surface area (Å²) in [5.41, 5.74) is 1.51. The fourth-order valence-electron chi connectivity index (χ4n) is 2.16. The molecule has 0 unspecified atom stereocenters. The van der Waals surface area contributed by atoms with Gasteiger partial charge in [-0.05, 0) is 45.4 Å². The maximum atomic E-state index is 3.50. The Labute approximate surface area is 123 Å². The van der Waals surface area contributed by atoms with Crippen molar-refractivity contribution in [3.63, 3.8) is 0 Å². The van der Waals surface area contributed by atoms with Crippen molar-refractivity contribution >= 4 is 11.3 Å². The Bertz CT molecular complexity index is 369. The highest BCUT2D eigenvalue weighted by molar-refractivity contribution is 7.12. The average Bonchev–Trinajstić information content (AvgIpc) is 2.67. The maximum Gasteiger partial charge on any atom is 0.0302 e. The van der Waals surface area contributed by atoms with E-state index in [2.05, 4.69) is 57.8 Å². The summed E-state index contributed by atoms with van der Waals surface area (Å²) < 4.78 is 0. The molecule has 0 saturated carbocycles. The molecular formula is C16H30N2S. The van der Waals surface area contributed by atoms with E-state index >= 15 is 0 Å². The Morgan fingerprint density at radius 3 is 2.47 bits per heavy atom. The van der Waals surface area contributed by atoms with Crippen molar-refractivity contribution in [2.24, 2.45) is 0 Å². The van der Waals surface area contributed by atoms with Gasteiger partial charge in [0.2, 0.25) is 0 Å². The van der Waals surface area contributed by atoms with Crippen LogP contribution in [-0.2, 0) is 13.1 Å². The Kier molecular flexibility index (Phi) is 7.05. The van der Waals surface area contributed by atoms with Gasteiger partial charge in [0.1, 0.15) is 0 Å². The molecule has 2 nitrogen and oxygen atoms in total. The van der Waals surface area contributed by atoms with Gasteiger partial charge >= 0.3 is 0 Å². The van der Waals surface area contributed by atoms with Crippen LogP contribution in [0.5, 0.6) is 0 Å². The van der Waals surface area contributed by atoms with Crippen LogP contribution in [0.1, 0.15) is 56.4 Å². The van der Waals surface area contributed by atoms with E-state index in [1.165, 1.54) is 28.3 Å². The Hall–Kier alpha value is -0.380. The van der Waals surface area contributed by atoms with E-state index in [9.17, 15) is 0 Å². The lowest BCUT2D eigenvalue weighted by Crippen LogP contribution is -2.31. The molecule has 19 heavy (non-hydrogen) atoms. The van der Waals surface area contributed by atoms with Crippen LogP contribution in [0.4, 0.5) is 0 Å². The summed E-state index contributed by atoms with van der Waals surface area (Å²) in [7, 11) is 0. The predicted octanol–water partition coefficient (Wildman–Crippen LogP) is 4.17. The van der Waals surface area contributed by atoms with Gasteiger partial charge in [-0.15, -0.1) is 11.3 Å². The molecule has 1 aromatic rings. The molecule has 1 N–H and O–H groups in total. The van der Waals surface area contributed by atoms with Crippen LogP contribution in [0.2, 0.25) is 0 Å².